The van der Waals surface area contributed by atoms with Crippen molar-refractivity contribution in [1.29, 1.82) is 0 Å². The Balaban J connectivity index is 1.50. The molecule has 1 N–H and O–H groups in total. The van der Waals surface area contributed by atoms with Crippen LogP contribution in [0.15, 0.2) is 40.5 Å². The van der Waals surface area contributed by atoms with E-state index in [4.69, 9.17) is 4.98 Å². The average molecular weight is 411 g/mol. The molecule has 1 amide bonds. The maximum atomic E-state index is 13.1. The Bertz CT molecular complexity index is 1070. The Labute approximate surface area is 174 Å². The number of piperidine rings is 1. The van der Waals surface area contributed by atoms with Gasteiger partial charge in [0.25, 0.3) is 5.56 Å². The van der Waals surface area contributed by atoms with E-state index in [0.717, 1.165) is 42.6 Å². The number of amides is 1. The van der Waals surface area contributed by atoms with Crippen LogP contribution < -0.4 is 15.8 Å². The monoisotopic (exact) mass is 410 g/mol. The molecule has 3 heterocycles. The van der Waals surface area contributed by atoms with Crippen LogP contribution in [0.3, 0.4) is 0 Å². The van der Waals surface area contributed by atoms with Crippen LogP contribution in [0, 0.1) is 6.92 Å². The van der Waals surface area contributed by atoms with Gasteiger partial charge in [0.2, 0.25) is 11.9 Å². The number of nitrogens with one attached hydrogen (secondary N) is 1. The van der Waals surface area contributed by atoms with Crippen molar-refractivity contribution in [3.05, 3.63) is 57.2 Å². The van der Waals surface area contributed by atoms with Crippen molar-refractivity contribution in [1.82, 2.24) is 14.9 Å². The summed E-state index contributed by atoms with van der Waals surface area (Å²) in [6, 6.07) is 9.91. The lowest BCUT2D eigenvalue weighted by Crippen LogP contribution is -2.37. The minimum atomic E-state index is -0.0592. The lowest BCUT2D eigenvalue weighted by Gasteiger charge is -2.29. The molecule has 1 saturated heterocycles. The molecule has 0 spiro atoms. The van der Waals surface area contributed by atoms with E-state index in [0.29, 0.717) is 23.7 Å². The minimum Gasteiger partial charge on any atom is -0.352 e. The number of thiophene rings is 1. The van der Waals surface area contributed by atoms with Crippen LogP contribution in [0.1, 0.15) is 36.8 Å². The highest BCUT2D eigenvalue weighted by Gasteiger charge is 2.20. The predicted molar refractivity (Wildman–Crippen MR) is 118 cm³/mol. The highest BCUT2D eigenvalue weighted by Crippen LogP contribution is 2.22. The molecule has 0 radical (unpaired) electrons. The van der Waals surface area contributed by atoms with Gasteiger partial charge in [-0.25, -0.2) is 4.98 Å². The topological polar surface area (TPSA) is 67.2 Å². The van der Waals surface area contributed by atoms with Gasteiger partial charge < -0.3 is 10.2 Å². The molecule has 0 bridgehead atoms. The number of carbonyl (C=O) groups excluding carboxylic acids is 1. The molecule has 0 atom stereocenters. The largest absolute Gasteiger partial charge is 0.352 e. The van der Waals surface area contributed by atoms with Crippen LogP contribution in [-0.4, -0.2) is 28.5 Å². The lowest BCUT2D eigenvalue weighted by molar-refractivity contribution is -0.121. The zero-order chi connectivity index (χ0) is 20.2. The molecular formula is C22H26N4O2S. The Morgan fingerprint density at radius 3 is 2.76 bits per heavy atom. The minimum absolute atomic E-state index is 0.0442. The third-order valence-corrected chi connectivity index (χ3v) is 6.38. The molecule has 3 aromatic rings. The smallest absolute Gasteiger partial charge is 0.272 e. The SMILES string of the molecule is Cc1ccccc1CNC(=O)CCn1c(N2CCCCC2)nc2ccsc2c1=O. The van der Waals surface area contributed by atoms with E-state index in [1.54, 1.807) is 4.57 Å². The summed E-state index contributed by atoms with van der Waals surface area (Å²) in [5.41, 5.74) is 2.97. The Morgan fingerprint density at radius 2 is 1.97 bits per heavy atom. The van der Waals surface area contributed by atoms with Crippen LogP contribution >= 0.6 is 11.3 Å². The zero-order valence-electron chi connectivity index (χ0n) is 16.7. The molecule has 29 heavy (non-hydrogen) atoms. The van der Waals surface area contributed by atoms with E-state index in [1.807, 2.05) is 42.6 Å². The number of hydrogen-bond donors (Lipinski definition) is 1. The third kappa shape index (κ3) is 4.34. The molecule has 1 fully saturated rings. The van der Waals surface area contributed by atoms with Crippen LogP contribution in [0.2, 0.25) is 0 Å². The van der Waals surface area contributed by atoms with Gasteiger partial charge in [0.15, 0.2) is 0 Å². The van der Waals surface area contributed by atoms with Crippen molar-refractivity contribution in [3.8, 4) is 0 Å². The highest BCUT2D eigenvalue weighted by atomic mass is 32.1. The van der Waals surface area contributed by atoms with Gasteiger partial charge in [-0.2, -0.15) is 0 Å². The molecule has 0 saturated carbocycles. The van der Waals surface area contributed by atoms with Gasteiger partial charge in [-0.1, -0.05) is 24.3 Å². The van der Waals surface area contributed by atoms with Gasteiger partial charge >= 0.3 is 0 Å². The van der Waals surface area contributed by atoms with E-state index >= 15 is 0 Å². The number of anilines is 1. The maximum absolute atomic E-state index is 13.1. The fourth-order valence-corrected chi connectivity index (χ4v) is 4.55. The van der Waals surface area contributed by atoms with Crippen molar-refractivity contribution in [3.63, 3.8) is 0 Å². The molecule has 2 aromatic heterocycles. The Kier molecular flexibility index (Phi) is 5.94. The molecule has 7 heteroatoms. The molecule has 0 unspecified atom stereocenters. The van der Waals surface area contributed by atoms with Gasteiger partial charge in [0, 0.05) is 32.6 Å². The second kappa shape index (κ2) is 8.78. The first-order valence-electron chi connectivity index (χ1n) is 10.2. The molecular weight excluding hydrogens is 384 g/mol. The quantitative estimate of drug-likeness (QED) is 0.676. The van der Waals surface area contributed by atoms with E-state index in [9.17, 15) is 9.59 Å². The average Bonchev–Trinajstić information content (AvgIpc) is 3.22. The van der Waals surface area contributed by atoms with Crippen LogP contribution in [0.5, 0.6) is 0 Å². The summed E-state index contributed by atoms with van der Waals surface area (Å²) in [5.74, 6) is 0.642. The molecule has 4 rings (SSSR count). The molecule has 6 nitrogen and oxygen atoms in total. The fraction of sp³-hybridized carbons (Fsp3) is 0.409. The van der Waals surface area contributed by atoms with Crippen molar-refractivity contribution >= 4 is 33.4 Å². The standard InChI is InChI=1S/C22H26N4O2S/c1-16-7-3-4-8-17(16)15-23-19(27)9-13-26-21(28)20-18(10-14-29-20)24-22(26)25-11-5-2-6-12-25/h3-4,7-8,10,14H,2,5-6,9,11-13,15H2,1H3,(H,23,27). The number of hydrogen-bond acceptors (Lipinski definition) is 5. The second-order valence-electron chi connectivity index (χ2n) is 7.50. The van der Waals surface area contributed by atoms with Gasteiger partial charge in [-0.15, -0.1) is 11.3 Å². The first-order chi connectivity index (χ1) is 14.1. The normalized spacial score (nSPS) is 14.3. The van der Waals surface area contributed by atoms with E-state index in [2.05, 4.69) is 10.2 Å². The molecule has 152 valence electrons. The summed E-state index contributed by atoms with van der Waals surface area (Å²) in [6.07, 6.45) is 3.68. The lowest BCUT2D eigenvalue weighted by atomic mass is 10.1. The molecule has 1 aliphatic rings. The number of benzene rings is 1. The summed E-state index contributed by atoms with van der Waals surface area (Å²) < 4.78 is 2.35. The van der Waals surface area contributed by atoms with E-state index in [-0.39, 0.29) is 17.9 Å². The van der Waals surface area contributed by atoms with Crippen LogP contribution in [0.4, 0.5) is 5.95 Å². The Morgan fingerprint density at radius 1 is 1.17 bits per heavy atom. The van der Waals surface area contributed by atoms with Gasteiger partial charge in [0.05, 0.1) is 5.52 Å². The van der Waals surface area contributed by atoms with E-state index < -0.39 is 0 Å². The number of rotatable bonds is 6. The molecule has 0 aliphatic carbocycles. The summed E-state index contributed by atoms with van der Waals surface area (Å²) in [7, 11) is 0. The summed E-state index contributed by atoms with van der Waals surface area (Å²) in [6.45, 7) is 4.68. The number of fused-ring (bicyclic) bond motifs is 1. The summed E-state index contributed by atoms with van der Waals surface area (Å²) in [5, 5.41) is 4.88. The number of aromatic nitrogens is 2. The maximum Gasteiger partial charge on any atom is 0.272 e. The van der Waals surface area contributed by atoms with Crippen molar-refractivity contribution in [2.24, 2.45) is 0 Å². The third-order valence-electron chi connectivity index (χ3n) is 5.48. The van der Waals surface area contributed by atoms with Gasteiger partial charge in [-0.05, 0) is 48.8 Å². The second-order valence-corrected chi connectivity index (χ2v) is 8.42. The van der Waals surface area contributed by atoms with Crippen LogP contribution in [-0.2, 0) is 17.9 Å². The molecule has 1 aliphatic heterocycles. The fourth-order valence-electron chi connectivity index (χ4n) is 3.77. The van der Waals surface area contributed by atoms with E-state index in [1.165, 1.54) is 17.8 Å². The van der Waals surface area contributed by atoms with Crippen LogP contribution in [0.25, 0.3) is 10.2 Å². The highest BCUT2D eigenvalue weighted by molar-refractivity contribution is 7.17. The predicted octanol–water partition coefficient (Wildman–Crippen LogP) is 3.46. The molecule has 1 aromatic carbocycles. The number of carbonyl (C=O) groups is 1. The number of nitrogens with zero attached hydrogens (tertiary/aromatic N) is 3. The first kappa shape index (κ1) is 19.6. The summed E-state index contributed by atoms with van der Waals surface area (Å²) >= 11 is 1.41. The van der Waals surface area contributed by atoms with Crippen molar-refractivity contribution in [2.45, 2.75) is 45.7 Å². The number of aryl methyl sites for hydroxylation is 1. The van der Waals surface area contributed by atoms with Crippen molar-refractivity contribution in [2.75, 3.05) is 18.0 Å². The Hall–Kier alpha value is -2.67. The van der Waals surface area contributed by atoms with Crippen molar-refractivity contribution < 1.29 is 4.79 Å². The van der Waals surface area contributed by atoms with Gasteiger partial charge in [0.1, 0.15) is 4.70 Å². The van der Waals surface area contributed by atoms with Gasteiger partial charge in [-0.3, -0.25) is 14.2 Å². The summed E-state index contributed by atoms with van der Waals surface area (Å²) in [4.78, 5) is 32.5. The first-order valence-corrected chi connectivity index (χ1v) is 11.1. The zero-order valence-corrected chi connectivity index (χ0v) is 17.5.